The van der Waals surface area contributed by atoms with E-state index in [0.717, 1.165) is 56.6 Å². The summed E-state index contributed by atoms with van der Waals surface area (Å²) in [5.74, 6) is 0. The van der Waals surface area contributed by atoms with Crippen LogP contribution in [0.3, 0.4) is 0 Å². The summed E-state index contributed by atoms with van der Waals surface area (Å²) in [7, 11) is 0. The van der Waals surface area contributed by atoms with Gasteiger partial charge in [0.25, 0.3) is 5.69 Å². The van der Waals surface area contributed by atoms with E-state index in [0.29, 0.717) is 0 Å². The van der Waals surface area contributed by atoms with Crippen molar-refractivity contribution in [2.45, 2.75) is 13.8 Å². The van der Waals surface area contributed by atoms with Crippen LogP contribution >= 0.6 is 0 Å². The Morgan fingerprint density at radius 1 is 1.08 bits per heavy atom. The normalized spacial score (nSPS) is 33.4. The fourth-order valence-electron chi connectivity index (χ4n) is 4.33. The zero-order valence-electron chi connectivity index (χ0n) is 14.6. The van der Waals surface area contributed by atoms with Crippen LogP contribution in [-0.4, -0.2) is 70.7 Å². The van der Waals surface area contributed by atoms with Crippen molar-refractivity contribution in [2.75, 3.05) is 39.6 Å². The van der Waals surface area contributed by atoms with Gasteiger partial charge in [0.2, 0.25) is 0 Å². The molecule has 4 fully saturated rings. The van der Waals surface area contributed by atoms with Crippen LogP contribution in [0.5, 0.6) is 0 Å². The highest BCUT2D eigenvalue weighted by Crippen LogP contribution is 2.39. The quantitative estimate of drug-likeness (QED) is 0.472. The van der Waals surface area contributed by atoms with Crippen LogP contribution in [0.15, 0.2) is 34.5 Å². The Labute approximate surface area is 146 Å². The van der Waals surface area contributed by atoms with E-state index in [4.69, 9.17) is 0 Å². The number of nitrogens with zero attached hydrogens (tertiary/aromatic N) is 6. The van der Waals surface area contributed by atoms with Crippen molar-refractivity contribution in [3.63, 3.8) is 0 Å². The molecule has 0 aliphatic carbocycles. The predicted molar refractivity (Wildman–Crippen MR) is 95.6 cm³/mol. The third kappa shape index (κ3) is 2.97. The van der Waals surface area contributed by atoms with Gasteiger partial charge in [0.1, 0.15) is 0 Å². The molecule has 8 nitrogen and oxygen atoms in total. The lowest BCUT2D eigenvalue weighted by molar-refractivity contribution is -0.384. The van der Waals surface area contributed by atoms with Gasteiger partial charge in [-0.1, -0.05) is 12.1 Å². The molecule has 0 saturated carbocycles. The molecule has 4 aliphatic heterocycles. The van der Waals surface area contributed by atoms with Crippen LogP contribution in [0.25, 0.3) is 0 Å². The van der Waals surface area contributed by atoms with Crippen molar-refractivity contribution in [1.29, 1.82) is 0 Å². The van der Waals surface area contributed by atoms with Crippen LogP contribution in [-0.2, 0) is 0 Å². The Morgan fingerprint density at radius 3 is 2.20 bits per heavy atom. The maximum Gasteiger partial charge on any atom is 0.270 e. The average molecular weight is 342 g/mol. The summed E-state index contributed by atoms with van der Waals surface area (Å²) in [6.45, 7) is 9.51. The number of nitro benzene ring substituents is 1. The highest BCUT2D eigenvalue weighted by Gasteiger charge is 2.52. The number of hydrogen-bond donors (Lipinski definition) is 0. The van der Waals surface area contributed by atoms with Gasteiger partial charge < -0.3 is 0 Å². The lowest BCUT2D eigenvalue weighted by Crippen LogP contribution is -2.74. The Balaban J connectivity index is 1.80. The van der Waals surface area contributed by atoms with Crippen molar-refractivity contribution in [1.82, 2.24) is 14.7 Å². The molecule has 25 heavy (non-hydrogen) atoms. The molecule has 0 atom stereocenters. The molecule has 132 valence electrons. The van der Waals surface area contributed by atoms with Crippen LogP contribution in [0, 0.1) is 15.5 Å². The van der Waals surface area contributed by atoms with Crippen LogP contribution in [0.4, 0.5) is 5.69 Å². The number of hydrogen-bond acceptors (Lipinski definition) is 7. The summed E-state index contributed by atoms with van der Waals surface area (Å²) < 4.78 is 0. The number of rotatable bonds is 4. The van der Waals surface area contributed by atoms with Gasteiger partial charge in [0.15, 0.2) is 0 Å². The molecule has 1 aromatic carbocycles. The average Bonchev–Trinajstić information content (AvgIpc) is 2.53. The molecule has 0 unspecified atom stereocenters. The molecule has 0 aromatic heterocycles. The predicted octanol–water partition coefficient (Wildman–Crippen LogP) is 1.59. The third-order valence-electron chi connectivity index (χ3n) is 4.96. The summed E-state index contributed by atoms with van der Waals surface area (Å²) in [6.07, 6.45) is 0. The van der Waals surface area contributed by atoms with E-state index in [-0.39, 0.29) is 16.0 Å². The Hall–Kier alpha value is -2.16. The van der Waals surface area contributed by atoms with Gasteiger partial charge in [0.05, 0.1) is 36.1 Å². The first kappa shape index (κ1) is 16.3. The Morgan fingerprint density at radius 2 is 1.68 bits per heavy atom. The molecule has 0 N–H and O–H groups in total. The maximum atomic E-state index is 11.2. The molecule has 0 radical (unpaired) electrons. The molecule has 1 aromatic rings. The summed E-state index contributed by atoms with van der Waals surface area (Å²) in [5.41, 5.74) is 2.45. The molecule has 4 bridgehead atoms. The molecule has 5 rings (SSSR count). The lowest BCUT2D eigenvalue weighted by Gasteiger charge is -2.60. The molecule has 4 aliphatic rings. The molecule has 4 heterocycles. The van der Waals surface area contributed by atoms with Crippen LogP contribution < -0.4 is 0 Å². The monoisotopic (exact) mass is 342 g/mol. The van der Waals surface area contributed by atoms with Gasteiger partial charge >= 0.3 is 0 Å². The van der Waals surface area contributed by atoms with Crippen molar-refractivity contribution >= 4 is 17.1 Å². The number of non-ortho nitro benzene ring substituents is 1. The van der Waals surface area contributed by atoms with Gasteiger partial charge in [-0.3, -0.25) is 24.8 Å². The molecule has 8 heteroatoms. The largest absolute Gasteiger partial charge is 0.276 e. The second-order valence-corrected chi connectivity index (χ2v) is 7.49. The van der Waals surface area contributed by atoms with Crippen molar-refractivity contribution in [3.8, 4) is 0 Å². The van der Waals surface area contributed by atoms with Crippen molar-refractivity contribution in [3.05, 3.63) is 39.9 Å². The van der Waals surface area contributed by atoms with Gasteiger partial charge in [-0.15, -0.1) is 0 Å². The maximum absolute atomic E-state index is 11.2. The molecular formula is C17H22N6O2. The topological polar surface area (TPSA) is 77.6 Å². The van der Waals surface area contributed by atoms with Crippen molar-refractivity contribution < 1.29 is 4.92 Å². The van der Waals surface area contributed by atoms with Gasteiger partial charge in [0, 0.05) is 43.0 Å². The second-order valence-electron chi connectivity index (χ2n) is 7.49. The molecule has 4 saturated heterocycles. The van der Waals surface area contributed by atoms with Gasteiger partial charge in [-0.05, 0) is 13.8 Å². The van der Waals surface area contributed by atoms with E-state index >= 15 is 0 Å². The zero-order valence-corrected chi connectivity index (χ0v) is 14.6. The minimum atomic E-state index is -0.356. The van der Waals surface area contributed by atoms with E-state index in [1.54, 1.807) is 12.1 Å². The van der Waals surface area contributed by atoms with Gasteiger partial charge in [-0.25, -0.2) is 0 Å². The Kier molecular flexibility index (Phi) is 3.90. The van der Waals surface area contributed by atoms with E-state index in [1.165, 1.54) is 6.07 Å². The zero-order chi connectivity index (χ0) is 17.6. The molecule has 0 amide bonds. The first-order valence-corrected chi connectivity index (χ1v) is 8.46. The fourth-order valence-corrected chi connectivity index (χ4v) is 4.33. The first-order valence-electron chi connectivity index (χ1n) is 8.46. The summed E-state index contributed by atoms with van der Waals surface area (Å²) in [6, 6.07) is 6.78. The molecule has 0 spiro atoms. The third-order valence-corrected chi connectivity index (χ3v) is 4.96. The van der Waals surface area contributed by atoms with E-state index < -0.39 is 0 Å². The smallest absolute Gasteiger partial charge is 0.270 e. The van der Waals surface area contributed by atoms with E-state index in [2.05, 4.69) is 24.9 Å². The van der Waals surface area contributed by atoms with Crippen LogP contribution in [0.2, 0.25) is 0 Å². The first-order chi connectivity index (χ1) is 11.9. The minimum absolute atomic E-state index is 0.0908. The highest BCUT2D eigenvalue weighted by molar-refractivity contribution is 6.06. The van der Waals surface area contributed by atoms with Crippen molar-refractivity contribution in [2.24, 2.45) is 15.6 Å². The highest BCUT2D eigenvalue weighted by atomic mass is 16.6. The second kappa shape index (κ2) is 5.98. The summed E-state index contributed by atoms with van der Waals surface area (Å²) >= 11 is 0. The van der Waals surface area contributed by atoms with E-state index in [1.807, 2.05) is 19.9 Å². The number of benzene rings is 1. The summed E-state index contributed by atoms with van der Waals surface area (Å²) in [5, 5.41) is 20.1. The number of nitro groups is 1. The summed E-state index contributed by atoms with van der Waals surface area (Å²) in [4.78, 5) is 18.1. The van der Waals surface area contributed by atoms with E-state index in [9.17, 15) is 10.1 Å². The SMILES string of the molecule is CC(C)=N/N=C(/c1cccc([N+](=O)[O-])c1)C12CN3CN(CN(C3)C1)C2. The standard InChI is InChI=1S/C17H22N6O2/c1-13(2)18-19-16(14-4-3-5-15(6-14)23(24)25)17-7-20-10-21(8-17)12-22(9-17)11-20/h3-6H,7-12H2,1-2H3/b19-16-. The Bertz CT molecular complexity index is 733. The minimum Gasteiger partial charge on any atom is -0.276 e. The lowest BCUT2D eigenvalue weighted by atomic mass is 9.74. The fraction of sp³-hybridized carbons (Fsp3) is 0.529. The molecular weight excluding hydrogens is 320 g/mol. The van der Waals surface area contributed by atoms with Crippen LogP contribution in [0.1, 0.15) is 19.4 Å². The van der Waals surface area contributed by atoms with Gasteiger partial charge in [-0.2, -0.15) is 10.2 Å².